The van der Waals surface area contributed by atoms with Crippen LogP contribution in [0.15, 0.2) is 24.3 Å². The number of likely N-dealkylation sites (tertiary alicyclic amines) is 1. The predicted octanol–water partition coefficient (Wildman–Crippen LogP) is 2.62. The number of piperidine rings is 1. The molecule has 2 atom stereocenters. The molecule has 1 aliphatic rings. The first-order valence-electron chi connectivity index (χ1n) is 6.90. The van der Waals surface area contributed by atoms with Gasteiger partial charge in [0, 0.05) is 24.7 Å². The second kappa shape index (κ2) is 6.06. The summed E-state index contributed by atoms with van der Waals surface area (Å²) < 4.78 is 0. The Morgan fingerprint density at radius 2 is 2.11 bits per heavy atom. The van der Waals surface area contributed by atoms with Crippen LogP contribution in [0.1, 0.15) is 25.3 Å². The zero-order valence-corrected chi connectivity index (χ0v) is 11.6. The van der Waals surface area contributed by atoms with Gasteiger partial charge in [-0.2, -0.15) is 0 Å². The van der Waals surface area contributed by atoms with Crippen molar-refractivity contribution in [2.75, 3.05) is 18.4 Å². The lowest BCUT2D eigenvalue weighted by Gasteiger charge is -2.35. The van der Waals surface area contributed by atoms with Crippen LogP contribution in [0.2, 0.25) is 0 Å². The number of rotatable bonds is 2. The van der Waals surface area contributed by atoms with Gasteiger partial charge in [-0.25, -0.2) is 4.79 Å². The number of nitrogens with one attached hydrogen (secondary N) is 1. The SMILES string of the molecule is CCC1CN(C(=O)Nc2ccc(C)cc2)CCC1O. The van der Waals surface area contributed by atoms with Crippen molar-refractivity contribution >= 4 is 11.7 Å². The number of hydrogen-bond donors (Lipinski definition) is 2. The highest BCUT2D eigenvalue weighted by Gasteiger charge is 2.28. The van der Waals surface area contributed by atoms with Gasteiger partial charge in [0.15, 0.2) is 0 Å². The maximum absolute atomic E-state index is 12.2. The topological polar surface area (TPSA) is 52.6 Å². The van der Waals surface area contributed by atoms with Gasteiger partial charge in [0.2, 0.25) is 0 Å². The first-order chi connectivity index (χ1) is 9.10. The number of amides is 2. The molecule has 1 fully saturated rings. The smallest absolute Gasteiger partial charge is 0.321 e. The summed E-state index contributed by atoms with van der Waals surface area (Å²) in [6.45, 7) is 5.32. The number of nitrogens with zero attached hydrogens (tertiary/aromatic N) is 1. The molecule has 0 aromatic heterocycles. The van der Waals surface area contributed by atoms with Crippen LogP contribution >= 0.6 is 0 Å². The van der Waals surface area contributed by atoms with Crippen LogP contribution in [0.4, 0.5) is 10.5 Å². The van der Waals surface area contributed by atoms with Crippen LogP contribution in [0.25, 0.3) is 0 Å². The lowest BCUT2D eigenvalue weighted by atomic mass is 9.93. The summed E-state index contributed by atoms with van der Waals surface area (Å²) in [5.41, 5.74) is 1.99. The van der Waals surface area contributed by atoms with Gasteiger partial charge < -0.3 is 15.3 Å². The zero-order valence-electron chi connectivity index (χ0n) is 11.6. The standard InChI is InChI=1S/C15H22N2O2/c1-3-12-10-17(9-8-14(12)18)15(19)16-13-6-4-11(2)5-7-13/h4-7,12,14,18H,3,8-10H2,1-2H3,(H,16,19). The molecule has 1 aliphatic heterocycles. The first kappa shape index (κ1) is 13.9. The highest BCUT2D eigenvalue weighted by molar-refractivity contribution is 5.89. The van der Waals surface area contributed by atoms with E-state index in [0.717, 1.165) is 12.1 Å². The molecule has 104 valence electrons. The van der Waals surface area contributed by atoms with E-state index in [1.54, 1.807) is 4.90 Å². The molecule has 0 spiro atoms. The Morgan fingerprint density at radius 1 is 1.42 bits per heavy atom. The zero-order chi connectivity index (χ0) is 13.8. The van der Waals surface area contributed by atoms with Gasteiger partial charge in [0.25, 0.3) is 0 Å². The van der Waals surface area contributed by atoms with Gasteiger partial charge in [0.1, 0.15) is 0 Å². The molecule has 4 nitrogen and oxygen atoms in total. The van der Waals surface area contributed by atoms with Crippen LogP contribution in [0, 0.1) is 12.8 Å². The summed E-state index contributed by atoms with van der Waals surface area (Å²) in [5.74, 6) is 0.192. The lowest BCUT2D eigenvalue weighted by molar-refractivity contribution is 0.0405. The van der Waals surface area contributed by atoms with E-state index >= 15 is 0 Å². The summed E-state index contributed by atoms with van der Waals surface area (Å²) in [6, 6.07) is 7.69. The molecule has 4 heteroatoms. The van der Waals surface area contributed by atoms with Crippen molar-refractivity contribution in [1.82, 2.24) is 4.90 Å². The molecule has 2 amide bonds. The van der Waals surface area contributed by atoms with E-state index in [9.17, 15) is 9.90 Å². The van der Waals surface area contributed by atoms with E-state index in [4.69, 9.17) is 0 Å². The van der Waals surface area contributed by atoms with Crippen molar-refractivity contribution < 1.29 is 9.90 Å². The quantitative estimate of drug-likeness (QED) is 0.861. The van der Waals surface area contributed by atoms with Gasteiger partial charge >= 0.3 is 6.03 Å². The molecule has 0 radical (unpaired) electrons. The van der Waals surface area contributed by atoms with Gasteiger partial charge in [-0.15, -0.1) is 0 Å². The first-order valence-corrected chi connectivity index (χ1v) is 6.90. The lowest BCUT2D eigenvalue weighted by Crippen LogP contribution is -2.47. The van der Waals surface area contributed by atoms with Crippen molar-refractivity contribution in [3.05, 3.63) is 29.8 Å². The fourth-order valence-electron chi connectivity index (χ4n) is 2.44. The van der Waals surface area contributed by atoms with E-state index in [-0.39, 0.29) is 18.1 Å². The van der Waals surface area contributed by atoms with Crippen molar-refractivity contribution in [2.45, 2.75) is 32.8 Å². The van der Waals surface area contributed by atoms with E-state index < -0.39 is 0 Å². The van der Waals surface area contributed by atoms with Crippen LogP contribution in [-0.2, 0) is 0 Å². The van der Waals surface area contributed by atoms with Gasteiger partial charge in [-0.3, -0.25) is 0 Å². The molecule has 19 heavy (non-hydrogen) atoms. The Bertz CT molecular complexity index is 430. The molecule has 2 unspecified atom stereocenters. The second-order valence-corrected chi connectivity index (χ2v) is 5.27. The Kier molecular flexibility index (Phi) is 4.43. The minimum absolute atomic E-state index is 0.0748. The number of aryl methyl sites for hydroxylation is 1. The average molecular weight is 262 g/mol. The molecule has 0 bridgehead atoms. The summed E-state index contributed by atoms with van der Waals surface area (Å²) in [4.78, 5) is 13.9. The highest BCUT2D eigenvalue weighted by Crippen LogP contribution is 2.21. The Balaban J connectivity index is 1.94. The Hall–Kier alpha value is -1.55. The third-order valence-electron chi connectivity index (χ3n) is 3.81. The number of hydrogen-bond acceptors (Lipinski definition) is 2. The molecule has 1 saturated heterocycles. The number of urea groups is 1. The van der Waals surface area contributed by atoms with Crippen molar-refractivity contribution in [3.8, 4) is 0 Å². The predicted molar refractivity (Wildman–Crippen MR) is 76.2 cm³/mol. The molecule has 1 aromatic rings. The maximum Gasteiger partial charge on any atom is 0.321 e. The number of carbonyl (C=O) groups excluding carboxylic acids is 1. The van der Waals surface area contributed by atoms with E-state index in [2.05, 4.69) is 12.2 Å². The fraction of sp³-hybridized carbons (Fsp3) is 0.533. The monoisotopic (exact) mass is 262 g/mol. The fourth-order valence-corrected chi connectivity index (χ4v) is 2.44. The van der Waals surface area contributed by atoms with Gasteiger partial charge in [-0.05, 0) is 31.9 Å². The van der Waals surface area contributed by atoms with Crippen LogP contribution in [-0.4, -0.2) is 35.2 Å². The van der Waals surface area contributed by atoms with Crippen molar-refractivity contribution in [2.24, 2.45) is 5.92 Å². The summed E-state index contributed by atoms with van der Waals surface area (Å²) in [7, 11) is 0. The third-order valence-corrected chi connectivity index (χ3v) is 3.81. The molecule has 2 rings (SSSR count). The number of carbonyl (C=O) groups is 1. The van der Waals surface area contributed by atoms with Gasteiger partial charge in [0.05, 0.1) is 6.10 Å². The largest absolute Gasteiger partial charge is 0.393 e. The van der Waals surface area contributed by atoms with E-state index in [0.29, 0.717) is 19.5 Å². The molecular formula is C15H22N2O2. The molecule has 1 heterocycles. The van der Waals surface area contributed by atoms with Gasteiger partial charge in [-0.1, -0.05) is 24.6 Å². The second-order valence-electron chi connectivity index (χ2n) is 5.27. The van der Waals surface area contributed by atoms with E-state index in [1.165, 1.54) is 5.56 Å². The van der Waals surface area contributed by atoms with Crippen LogP contribution in [0.5, 0.6) is 0 Å². The Labute approximate surface area is 114 Å². The van der Waals surface area contributed by atoms with Crippen LogP contribution in [0.3, 0.4) is 0 Å². The molecule has 1 aromatic carbocycles. The molecular weight excluding hydrogens is 240 g/mol. The van der Waals surface area contributed by atoms with Crippen molar-refractivity contribution in [1.29, 1.82) is 0 Å². The summed E-state index contributed by atoms with van der Waals surface area (Å²) >= 11 is 0. The number of anilines is 1. The number of aliphatic hydroxyl groups excluding tert-OH is 1. The normalized spacial score (nSPS) is 23.2. The molecule has 0 aliphatic carbocycles. The number of benzene rings is 1. The third kappa shape index (κ3) is 3.47. The minimum atomic E-state index is -0.270. The van der Waals surface area contributed by atoms with E-state index in [1.807, 2.05) is 31.2 Å². The minimum Gasteiger partial charge on any atom is -0.393 e. The number of aliphatic hydroxyl groups is 1. The molecule has 2 N–H and O–H groups in total. The summed E-state index contributed by atoms with van der Waals surface area (Å²) in [6.07, 6.45) is 1.29. The maximum atomic E-state index is 12.2. The molecule has 0 saturated carbocycles. The highest BCUT2D eigenvalue weighted by atomic mass is 16.3. The summed E-state index contributed by atoms with van der Waals surface area (Å²) in [5, 5.41) is 12.7. The Morgan fingerprint density at radius 3 is 2.74 bits per heavy atom. The van der Waals surface area contributed by atoms with Crippen molar-refractivity contribution in [3.63, 3.8) is 0 Å². The van der Waals surface area contributed by atoms with Crippen LogP contribution < -0.4 is 5.32 Å². The average Bonchev–Trinajstić information content (AvgIpc) is 2.42.